The molecule has 1 aromatic carbocycles. The van der Waals surface area contributed by atoms with Crippen LogP contribution in [0, 0.1) is 0 Å². The van der Waals surface area contributed by atoms with Gasteiger partial charge < -0.3 is 11.1 Å². The summed E-state index contributed by atoms with van der Waals surface area (Å²) in [5, 5.41) is 3.02. The molecule has 2 amide bonds. The Morgan fingerprint density at radius 3 is 2.74 bits per heavy atom. The van der Waals surface area contributed by atoms with E-state index in [1.165, 1.54) is 5.56 Å². The van der Waals surface area contributed by atoms with E-state index in [0.717, 1.165) is 38.6 Å². The van der Waals surface area contributed by atoms with Crippen molar-refractivity contribution in [2.75, 3.05) is 13.1 Å². The quantitative estimate of drug-likeness (QED) is 0.799. The number of piperidine rings is 1. The molecular formula is C18H27N3O2. The molecule has 0 saturated carbocycles. The second-order valence-electron chi connectivity index (χ2n) is 6.38. The zero-order chi connectivity index (χ0) is 16.7. The molecular weight excluding hydrogens is 290 g/mol. The van der Waals surface area contributed by atoms with Crippen LogP contribution in [0.15, 0.2) is 30.3 Å². The number of likely N-dealkylation sites (tertiary alicyclic amines) is 1. The number of amides is 2. The van der Waals surface area contributed by atoms with Crippen LogP contribution >= 0.6 is 0 Å². The first-order valence-corrected chi connectivity index (χ1v) is 8.43. The number of benzene rings is 1. The minimum atomic E-state index is -0.324. The second kappa shape index (κ2) is 8.67. The lowest BCUT2D eigenvalue weighted by molar-refractivity contribution is -0.128. The summed E-state index contributed by atoms with van der Waals surface area (Å²) < 4.78 is 0. The van der Waals surface area contributed by atoms with Gasteiger partial charge in [0.15, 0.2) is 0 Å². The van der Waals surface area contributed by atoms with Crippen LogP contribution in [-0.4, -0.2) is 41.9 Å². The Bertz CT molecular complexity index is 518. The largest absolute Gasteiger partial charge is 0.368 e. The average Bonchev–Trinajstić information content (AvgIpc) is 2.54. The van der Waals surface area contributed by atoms with Gasteiger partial charge in [0.05, 0.1) is 12.6 Å². The normalized spacial score (nSPS) is 20.0. The van der Waals surface area contributed by atoms with E-state index in [1.807, 2.05) is 30.0 Å². The fourth-order valence-electron chi connectivity index (χ4n) is 3.11. The predicted octanol–water partition coefficient (Wildman–Crippen LogP) is 1.46. The number of nitrogens with two attached hydrogens (primary N) is 1. The van der Waals surface area contributed by atoms with E-state index in [4.69, 9.17) is 5.73 Å². The zero-order valence-corrected chi connectivity index (χ0v) is 13.8. The Hall–Kier alpha value is -1.88. The lowest BCUT2D eigenvalue weighted by atomic mass is 10.0. The molecule has 126 valence electrons. The summed E-state index contributed by atoms with van der Waals surface area (Å²) in [7, 11) is 0. The van der Waals surface area contributed by atoms with E-state index in [0.29, 0.717) is 0 Å². The van der Waals surface area contributed by atoms with Gasteiger partial charge in [0, 0.05) is 6.04 Å². The molecule has 23 heavy (non-hydrogen) atoms. The van der Waals surface area contributed by atoms with Gasteiger partial charge in [0.25, 0.3) is 0 Å². The molecule has 5 heteroatoms. The van der Waals surface area contributed by atoms with Crippen LogP contribution in [-0.2, 0) is 16.0 Å². The highest BCUT2D eigenvalue weighted by Gasteiger charge is 2.28. The Morgan fingerprint density at radius 2 is 2.04 bits per heavy atom. The van der Waals surface area contributed by atoms with E-state index >= 15 is 0 Å². The van der Waals surface area contributed by atoms with E-state index in [2.05, 4.69) is 17.4 Å². The molecule has 1 saturated heterocycles. The molecule has 1 aliphatic heterocycles. The number of nitrogens with one attached hydrogen (secondary N) is 1. The Kier molecular flexibility index (Phi) is 6.59. The third kappa shape index (κ3) is 5.67. The predicted molar refractivity (Wildman–Crippen MR) is 90.8 cm³/mol. The molecule has 2 rings (SSSR count). The van der Waals surface area contributed by atoms with Crippen molar-refractivity contribution < 1.29 is 9.59 Å². The zero-order valence-electron chi connectivity index (χ0n) is 13.8. The standard InChI is InChI=1S/C18H27N3O2/c1-14(10-11-15-7-3-2-4-8-15)20-17(22)13-21-12-6-5-9-16(21)18(19)23/h2-4,7-8,14,16H,5-6,9-13H2,1H3,(H2,19,23)(H,20,22)/t14-,16+/m1/s1. The highest BCUT2D eigenvalue weighted by atomic mass is 16.2. The van der Waals surface area contributed by atoms with Crippen LogP contribution in [0.4, 0.5) is 0 Å². The van der Waals surface area contributed by atoms with Gasteiger partial charge in [-0.25, -0.2) is 0 Å². The van der Waals surface area contributed by atoms with Crippen LogP contribution in [0.5, 0.6) is 0 Å². The summed E-state index contributed by atoms with van der Waals surface area (Å²) in [6.45, 7) is 3.03. The molecule has 0 radical (unpaired) electrons. The number of hydrogen-bond acceptors (Lipinski definition) is 3. The van der Waals surface area contributed by atoms with E-state index in [1.54, 1.807) is 0 Å². The van der Waals surface area contributed by atoms with Gasteiger partial charge >= 0.3 is 0 Å². The number of nitrogens with zero attached hydrogens (tertiary/aromatic N) is 1. The molecule has 1 fully saturated rings. The molecule has 3 N–H and O–H groups in total. The molecule has 2 atom stereocenters. The van der Waals surface area contributed by atoms with Crippen molar-refractivity contribution >= 4 is 11.8 Å². The van der Waals surface area contributed by atoms with Gasteiger partial charge in [0.2, 0.25) is 11.8 Å². The molecule has 0 spiro atoms. The molecule has 0 aromatic heterocycles. The summed E-state index contributed by atoms with van der Waals surface area (Å²) in [4.78, 5) is 25.6. The number of carbonyl (C=O) groups excluding carboxylic acids is 2. The lowest BCUT2D eigenvalue weighted by Crippen LogP contribution is -2.51. The van der Waals surface area contributed by atoms with Gasteiger partial charge in [-0.2, -0.15) is 0 Å². The van der Waals surface area contributed by atoms with E-state index in [9.17, 15) is 9.59 Å². The van der Waals surface area contributed by atoms with Crippen molar-refractivity contribution in [1.29, 1.82) is 0 Å². The van der Waals surface area contributed by atoms with Crippen molar-refractivity contribution in [3.05, 3.63) is 35.9 Å². The van der Waals surface area contributed by atoms with Crippen molar-refractivity contribution in [1.82, 2.24) is 10.2 Å². The van der Waals surface area contributed by atoms with Crippen LogP contribution < -0.4 is 11.1 Å². The summed E-state index contributed by atoms with van der Waals surface area (Å²) in [6, 6.07) is 10.1. The summed E-state index contributed by atoms with van der Waals surface area (Å²) in [5.74, 6) is -0.353. The molecule has 1 aliphatic rings. The van der Waals surface area contributed by atoms with Gasteiger partial charge in [0.1, 0.15) is 0 Å². The number of aryl methyl sites for hydroxylation is 1. The maximum absolute atomic E-state index is 12.2. The Labute approximate surface area is 138 Å². The number of primary amides is 1. The number of carbonyl (C=O) groups is 2. The SMILES string of the molecule is C[C@H](CCc1ccccc1)NC(=O)CN1CCCC[C@H]1C(N)=O. The average molecular weight is 317 g/mol. The monoisotopic (exact) mass is 317 g/mol. The van der Waals surface area contributed by atoms with Gasteiger partial charge in [-0.15, -0.1) is 0 Å². The molecule has 0 unspecified atom stereocenters. The first-order chi connectivity index (χ1) is 11.1. The maximum Gasteiger partial charge on any atom is 0.234 e. The van der Waals surface area contributed by atoms with E-state index in [-0.39, 0.29) is 30.4 Å². The summed E-state index contributed by atoms with van der Waals surface area (Å²) in [5.41, 5.74) is 6.71. The van der Waals surface area contributed by atoms with Gasteiger partial charge in [-0.1, -0.05) is 36.8 Å². The number of hydrogen-bond donors (Lipinski definition) is 2. The van der Waals surface area contributed by atoms with Crippen molar-refractivity contribution in [2.45, 2.75) is 51.1 Å². The minimum Gasteiger partial charge on any atom is -0.368 e. The number of rotatable bonds is 7. The smallest absolute Gasteiger partial charge is 0.234 e. The summed E-state index contributed by atoms with van der Waals surface area (Å²) in [6.07, 6.45) is 4.61. The van der Waals surface area contributed by atoms with Crippen molar-refractivity contribution in [2.24, 2.45) is 5.73 Å². The van der Waals surface area contributed by atoms with Crippen molar-refractivity contribution in [3.63, 3.8) is 0 Å². The third-order valence-corrected chi connectivity index (χ3v) is 4.41. The minimum absolute atomic E-state index is 0.0290. The second-order valence-corrected chi connectivity index (χ2v) is 6.38. The van der Waals surface area contributed by atoms with E-state index < -0.39 is 0 Å². The molecule has 0 aliphatic carbocycles. The van der Waals surface area contributed by atoms with Crippen LogP contribution in [0.1, 0.15) is 38.2 Å². The van der Waals surface area contributed by atoms with Gasteiger partial charge in [-0.05, 0) is 44.7 Å². The first kappa shape index (κ1) is 17.5. The highest BCUT2D eigenvalue weighted by Crippen LogP contribution is 2.16. The van der Waals surface area contributed by atoms with Crippen LogP contribution in [0.2, 0.25) is 0 Å². The third-order valence-electron chi connectivity index (χ3n) is 4.41. The maximum atomic E-state index is 12.2. The van der Waals surface area contributed by atoms with Crippen molar-refractivity contribution in [3.8, 4) is 0 Å². The Morgan fingerprint density at radius 1 is 1.30 bits per heavy atom. The lowest BCUT2D eigenvalue weighted by Gasteiger charge is -2.33. The van der Waals surface area contributed by atoms with Crippen LogP contribution in [0.25, 0.3) is 0 Å². The first-order valence-electron chi connectivity index (χ1n) is 8.43. The molecule has 5 nitrogen and oxygen atoms in total. The summed E-state index contributed by atoms with van der Waals surface area (Å²) >= 11 is 0. The highest BCUT2D eigenvalue weighted by molar-refractivity contribution is 5.82. The topological polar surface area (TPSA) is 75.4 Å². The molecule has 1 aromatic rings. The van der Waals surface area contributed by atoms with Gasteiger partial charge in [-0.3, -0.25) is 14.5 Å². The molecule has 0 bridgehead atoms. The molecule has 1 heterocycles. The fraction of sp³-hybridized carbons (Fsp3) is 0.556. The Balaban J connectivity index is 1.75. The fourth-order valence-corrected chi connectivity index (χ4v) is 3.11. The van der Waals surface area contributed by atoms with Crippen LogP contribution in [0.3, 0.4) is 0 Å².